The predicted octanol–water partition coefficient (Wildman–Crippen LogP) is 0.357. The summed E-state index contributed by atoms with van der Waals surface area (Å²) >= 11 is 0. The minimum absolute atomic E-state index is 0.112. The van der Waals surface area contributed by atoms with E-state index in [0.717, 1.165) is 25.7 Å². The van der Waals surface area contributed by atoms with Crippen molar-refractivity contribution in [3.05, 3.63) is 0 Å². The first-order valence-corrected chi connectivity index (χ1v) is 5.52. The maximum Gasteiger partial charge on any atom is 0.189 e. The quantitative estimate of drug-likeness (QED) is 0.442. The lowest BCUT2D eigenvalue weighted by Crippen LogP contribution is -2.35. The second-order valence-electron chi connectivity index (χ2n) is 4.40. The summed E-state index contributed by atoms with van der Waals surface area (Å²) in [5.74, 6) is 0.592. The maximum atomic E-state index is 9.32. The average Bonchev–Trinajstić information content (AvgIpc) is 2.93. The number of aliphatic hydroxyl groups is 1. The molecule has 0 aromatic carbocycles. The van der Waals surface area contributed by atoms with Crippen molar-refractivity contribution in [2.45, 2.75) is 56.7 Å². The Bertz CT molecular complexity index is 217. The number of nitrogens with zero attached hydrogens (tertiary/aromatic N) is 1. The molecule has 0 saturated heterocycles. The van der Waals surface area contributed by atoms with E-state index in [1.165, 1.54) is 12.8 Å². The molecule has 2 fully saturated rings. The second-order valence-corrected chi connectivity index (χ2v) is 4.40. The standard InChI is InChI=1S/C10H19N3O/c11-10(12-7-1-2-7)13-8-3-5-9(14)6-4-8/h7-9,14H,1-6H2,(H3,11,12,13). The molecule has 0 unspecified atom stereocenters. The Kier molecular flexibility index (Phi) is 2.91. The number of aliphatic hydroxyl groups excluding tert-OH is 1. The zero-order valence-electron chi connectivity index (χ0n) is 8.45. The van der Waals surface area contributed by atoms with Crippen molar-refractivity contribution in [3.63, 3.8) is 0 Å². The summed E-state index contributed by atoms with van der Waals surface area (Å²) < 4.78 is 0. The van der Waals surface area contributed by atoms with Gasteiger partial charge in [0.25, 0.3) is 0 Å². The van der Waals surface area contributed by atoms with E-state index in [1.807, 2.05) is 0 Å². The van der Waals surface area contributed by atoms with Gasteiger partial charge in [0.15, 0.2) is 5.96 Å². The molecule has 0 radical (unpaired) electrons. The van der Waals surface area contributed by atoms with Gasteiger partial charge < -0.3 is 16.2 Å². The first-order chi connectivity index (χ1) is 6.74. The van der Waals surface area contributed by atoms with E-state index in [1.54, 1.807) is 0 Å². The molecular formula is C10H19N3O. The molecule has 0 aromatic heterocycles. The first-order valence-electron chi connectivity index (χ1n) is 5.52. The molecule has 4 heteroatoms. The van der Waals surface area contributed by atoms with Gasteiger partial charge in [-0.15, -0.1) is 0 Å². The molecule has 4 nitrogen and oxygen atoms in total. The van der Waals surface area contributed by atoms with Gasteiger partial charge in [-0.3, -0.25) is 4.99 Å². The van der Waals surface area contributed by atoms with Gasteiger partial charge in [0, 0.05) is 6.04 Å². The van der Waals surface area contributed by atoms with Crippen LogP contribution in [0, 0.1) is 0 Å². The Morgan fingerprint density at radius 1 is 1.14 bits per heavy atom. The van der Waals surface area contributed by atoms with Crippen molar-refractivity contribution in [3.8, 4) is 0 Å². The van der Waals surface area contributed by atoms with E-state index >= 15 is 0 Å². The first kappa shape index (κ1) is 9.77. The molecule has 80 valence electrons. The minimum Gasteiger partial charge on any atom is -0.393 e. The summed E-state index contributed by atoms with van der Waals surface area (Å²) in [5, 5.41) is 12.5. The number of guanidine groups is 1. The maximum absolute atomic E-state index is 9.32. The lowest BCUT2D eigenvalue weighted by atomic mass is 9.94. The van der Waals surface area contributed by atoms with Crippen LogP contribution in [0.4, 0.5) is 0 Å². The molecule has 2 aliphatic rings. The smallest absolute Gasteiger partial charge is 0.189 e. The Hall–Kier alpha value is -0.770. The third kappa shape index (κ3) is 2.87. The van der Waals surface area contributed by atoms with Crippen LogP contribution >= 0.6 is 0 Å². The summed E-state index contributed by atoms with van der Waals surface area (Å²) in [4.78, 5) is 4.42. The van der Waals surface area contributed by atoms with Crippen LogP contribution in [-0.4, -0.2) is 29.3 Å². The van der Waals surface area contributed by atoms with E-state index in [2.05, 4.69) is 10.3 Å². The van der Waals surface area contributed by atoms with Crippen LogP contribution in [0.15, 0.2) is 4.99 Å². The van der Waals surface area contributed by atoms with Crippen LogP contribution < -0.4 is 11.1 Å². The van der Waals surface area contributed by atoms with Gasteiger partial charge in [0.2, 0.25) is 0 Å². The minimum atomic E-state index is -0.112. The van der Waals surface area contributed by atoms with Gasteiger partial charge in [0.1, 0.15) is 0 Å². The summed E-state index contributed by atoms with van der Waals surface area (Å²) in [5.41, 5.74) is 5.76. The molecule has 0 atom stereocenters. The highest BCUT2D eigenvalue weighted by Crippen LogP contribution is 2.21. The number of hydrogen-bond acceptors (Lipinski definition) is 2. The SMILES string of the molecule is NC(=NC1CCC(O)CC1)NC1CC1. The highest BCUT2D eigenvalue weighted by molar-refractivity contribution is 5.78. The molecule has 14 heavy (non-hydrogen) atoms. The Morgan fingerprint density at radius 2 is 1.79 bits per heavy atom. The average molecular weight is 197 g/mol. The summed E-state index contributed by atoms with van der Waals surface area (Å²) in [6.45, 7) is 0. The van der Waals surface area contributed by atoms with E-state index in [9.17, 15) is 5.11 Å². The normalized spacial score (nSPS) is 34.2. The highest BCUT2D eigenvalue weighted by Gasteiger charge is 2.23. The monoisotopic (exact) mass is 197 g/mol. The molecule has 0 spiro atoms. The molecule has 4 N–H and O–H groups in total. The highest BCUT2D eigenvalue weighted by atomic mass is 16.3. The van der Waals surface area contributed by atoms with Gasteiger partial charge in [-0.2, -0.15) is 0 Å². The van der Waals surface area contributed by atoms with Crippen LogP contribution in [0.25, 0.3) is 0 Å². The number of hydrogen-bond donors (Lipinski definition) is 3. The fourth-order valence-corrected chi connectivity index (χ4v) is 1.86. The zero-order valence-corrected chi connectivity index (χ0v) is 8.45. The topological polar surface area (TPSA) is 70.6 Å². The van der Waals surface area contributed by atoms with Gasteiger partial charge in [-0.25, -0.2) is 0 Å². The van der Waals surface area contributed by atoms with Crippen LogP contribution in [-0.2, 0) is 0 Å². The fourth-order valence-electron chi connectivity index (χ4n) is 1.86. The van der Waals surface area contributed by atoms with Gasteiger partial charge in [0.05, 0.1) is 12.1 Å². The third-order valence-electron chi connectivity index (χ3n) is 2.92. The number of aliphatic imine (C=N–C) groups is 1. The van der Waals surface area contributed by atoms with Crippen molar-refractivity contribution in [1.82, 2.24) is 5.32 Å². The zero-order chi connectivity index (χ0) is 9.97. The van der Waals surface area contributed by atoms with E-state index in [4.69, 9.17) is 5.73 Å². The number of nitrogens with one attached hydrogen (secondary N) is 1. The lowest BCUT2D eigenvalue weighted by molar-refractivity contribution is 0.123. The van der Waals surface area contributed by atoms with Crippen molar-refractivity contribution in [2.75, 3.05) is 0 Å². The van der Waals surface area contributed by atoms with Gasteiger partial charge >= 0.3 is 0 Å². The lowest BCUT2D eigenvalue weighted by Gasteiger charge is -2.22. The van der Waals surface area contributed by atoms with Crippen LogP contribution in [0.1, 0.15) is 38.5 Å². The van der Waals surface area contributed by atoms with Gasteiger partial charge in [-0.1, -0.05) is 0 Å². The van der Waals surface area contributed by atoms with Crippen molar-refractivity contribution in [2.24, 2.45) is 10.7 Å². The summed E-state index contributed by atoms with van der Waals surface area (Å²) in [7, 11) is 0. The number of rotatable bonds is 2. The summed E-state index contributed by atoms with van der Waals surface area (Å²) in [6, 6.07) is 0.901. The molecule has 0 aliphatic heterocycles. The molecule has 2 aliphatic carbocycles. The second kappa shape index (κ2) is 4.17. The number of nitrogens with two attached hydrogens (primary N) is 1. The molecule has 0 bridgehead atoms. The molecule has 0 aromatic rings. The molecular weight excluding hydrogens is 178 g/mol. The molecule has 2 saturated carbocycles. The Labute approximate surface area is 84.6 Å². The Morgan fingerprint density at radius 3 is 2.36 bits per heavy atom. The van der Waals surface area contributed by atoms with Gasteiger partial charge in [-0.05, 0) is 38.5 Å². The van der Waals surface area contributed by atoms with Crippen molar-refractivity contribution in [1.29, 1.82) is 0 Å². The van der Waals surface area contributed by atoms with E-state index in [-0.39, 0.29) is 6.10 Å². The molecule has 0 heterocycles. The van der Waals surface area contributed by atoms with Crippen molar-refractivity contribution >= 4 is 5.96 Å². The van der Waals surface area contributed by atoms with E-state index in [0.29, 0.717) is 18.0 Å². The largest absolute Gasteiger partial charge is 0.393 e. The predicted molar refractivity (Wildman–Crippen MR) is 56.0 cm³/mol. The summed E-state index contributed by atoms with van der Waals surface area (Å²) in [6.07, 6.45) is 6.00. The molecule has 2 rings (SSSR count). The molecule has 0 amide bonds. The van der Waals surface area contributed by atoms with E-state index < -0.39 is 0 Å². The third-order valence-corrected chi connectivity index (χ3v) is 2.92. The Balaban J connectivity index is 1.76. The van der Waals surface area contributed by atoms with Crippen LogP contribution in [0.2, 0.25) is 0 Å². The van der Waals surface area contributed by atoms with Crippen LogP contribution in [0.5, 0.6) is 0 Å². The van der Waals surface area contributed by atoms with Crippen molar-refractivity contribution < 1.29 is 5.11 Å². The van der Waals surface area contributed by atoms with Crippen LogP contribution in [0.3, 0.4) is 0 Å². The fraction of sp³-hybridized carbons (Fsp3) is 0.900.